The number of nitro benzene ring substituents is 1. The van der Waals surface area contributed by atoms with Gasteiger partial charge in [-0.2, -0.15) is 0 Å². The number of benzene rings is 10. The lowest BCUT2D eigenvalue weighted by atomic mass is 9.67. The predicted octanol–water partition coefficient (Wildman–Crippen LogP) is 27.7. The number of para-hydroxylation sites is 1. The molecule has 0 radical (unpaired) electrons. The van der Waals surface area contributed by atoms with Crippen LogP contribution >= 0.6 is 27.5 Å². The van der Waals surface area contributed by atoms with Crippen LogP contribution in [-0.2, 0) is 111 Å². The van der Waals surface area contributed by atoms with Crippen molar-refractivity contribution in [1.82, 2.24) is 49.4 Å². The molecule has 4 atom stereocenters. The average Bonchev–Trinajstić information content (AvgIpc) is 1.54. The number of rotatable bonds is 12. The van der Waals surface area contributed by atoms with Gasteiger partial charge in [0.05, 0.1) is 71.5 Å². The average molecular weight is 2050 g/mol. The number of non-ortho nitro benzene ring substituents is 1. The number of methoxy groups -OCH3 is 1. The summed E-state index contributed by atoms with van der Waals surface area (Å²) in [6.07, 6.45) is 26.2. The van der Waals surface area contributed by atoms with E-state index in [1.54, 1.807) is 19.2 Å². The second-order valence-electron chi connectivity index (χ2n) is 45.3. The SMILES string of the molecule is CC1Cc2c([nH]c3ccc(Br)cc23)C2(CCC(c3ccccc3)(N(C)C)CC2)O1.CC1Cc2c([nH]c3ccc(Cl)cc23)C2(CCC(c3ccccc3)(N(C)C)CC2)O1.CC1Cc2c([nH]c3ccc([N+](=O)[O-])cc23)C2(CCC(c3ccccc3)(N(C)C)CC2)O1.CC1Cc2c([nH]c3ccccc23)C2(CCC(c3ccccc3)(N(C)C)CC2)O1.COc1ccc2[nH]c3c(c2c1)CCOC31CCC(c2ccccc2)(N(C)C)CC1. The van der Waals surface area contributed by atoms with Crippen molar-refractivity contribution in [1.29, 1.82) is 0 Å². The minimum Gasteiger partial charge on any atom is -0.497 e. The van der Waals surface area contributed by atoms with E-state index in [-0.39, 0.29) is 90.7 Å². The summed E-state index contributed by atoms with van der Waals surface area (Å²) < 4.78 is 40.0. The second-order valence-corrected chi connectivity index (χ2v) is 46.6. The van der Waals surface area contributed by atoms with Crippen LogP contribution in [0.2, 0.25) is 5.02 Å². The Hall–Kier alpha value is -10.5. The highest BCUT2D eigenvalue weighted by Gasteiger charge is 2.57. The van der Waals surface area contributed by atoms with Crippen molar-refractivity contribution in [3.63, 3.8) is 0 Å². The van der Waals surface area contributed by atoms with Crippen molar-refractivity contribution in [3.05, 3.63) is 352 Å². The molecule has 4 unspecified atom stereocenters. The zero-order chi connectivity index (χ0) is 102. The van der Waals surface area contributed by atoms with E-state index < -0.39 is 0 Å². The molecule has 5 N–H and O–H groups in total. The van der Waals surface area contributed by atoms with Crippen LogP contribution < -0.4 is 4.74 Å². The molecule has 5 aliphatic carbocycles. The molecule has 0 bridgehead atoms. The van der Waals surface area contributed by atoms with E-state index >= 15 is 0 Å². The van der Waals surface area contributed by atoms with Crippen molar-refractivity contribution in [2.75, 3.05) is 84.2 Å². The van der Waals surface area contributed by atoms with E-state index in [1.807, 2.05) is 18.2 Å². The Morgan fingerprint density at radius 2 is 0.596 bits per heavy atom. The molecule has 19 nitrogen and oxygen atoms in total. The second kappa shape index (κ2) is 40.1. The Balaban J connectivity index is 0.000000107. The molecule has 5 spiro atoms. The van der Waals surface area contributed by atoms with Gasteiger partial charge in [-0.15, -0.1) is 0 Å². The van der Waals surface area contributed by atoms with E-state index in [9.17, 15) is 10.1 Å². The molecular weight excluding hydrogens is 1900 g/mol. The Bertz CT molecular complexity index is 7000. The van der Waals surface area contributed by atoms with Crippen molar-refractivity contribution in [3.8, 4) is 5.75 Å². The number of hydrogen-bond donors (Lipinski definition) is 5. The molecule has 25 rings (SSSR count). The minimum atomic E-state index is -0.366. The van der Waals surface area contributed by atoms with Crippen LogP contribution in [0.4, 0.5) is 5.69 Å². The zero-order valence-corrected chi connectivity index (χ0v) is 90.4. The number of ether oxygens (including phenoxy) is 6. The maximum atomic E-state index is 11.3. The van der Waals surface area contributed by atoms with Crippen LogP contribution in [0, 0.1) is 10.1 Å². The number of aromatic nitrogens is 5. The highest BCUT2D eigenvalue weighted by molar-refractivity contribution is 9.10. The molecule has 10 heterocycles. The summed E-state index contributed by atoms with van der Waals surface area (Å²) >= 11 is 9.97. The van der Waals surface area contributed by atoms with Crippen LogP contribution in [-0.4, -0.2) is 163 Å². The molecule has 5 aromatic heterocycles. The van der Waals surface area contributed by atoms with Crippen molar-refractivity contribution >= 4 is 87.7 Å². The molecule has 5 aliphatic heterocycles. The first-order valence-corrected chi connectivity index (χ1v) is 54.7. The summed E-state index contributed by atoms with van der Waals surface area (Å²) in [7, 11) is 23.8. The van der Waals surface area contributed by atoms with Crippen molar-refractivity contribution in [2.45, 2.75) is 268 Å². The van der Waals surface area contributed by atoms with Gasteiger partial charge in [-0.1, -0.05) is 197 Å². The third-order valence-corrected chi connectivity index (χ3v) is 37.4. The first-order chi connectivity index (χ1) is 70.3. The molecule has 10 aliphatic rings. The molecule has 0 amide bonds. The lowest BCUT2D eigenvalue weighted by Gasteiger charge is -2.51. The fourth-order valence-electron chi connectivity index (χ4n) is 28.8. The zero-order valence-electron chi connectivity index (χ0n) is 88.1. The molecule has 0 saturated heterocycles. The number of nitro groups is 1. The third-order valence-electron chi connectivity index (χ3n) is 36.7. The standard InChI is InChI=1S/C25H29BrN2O.C25H29ClN2O.C25H29N3O3.C25H30N2O2.C25H30N2O/c2*1-17-15-21-20-16-19(26)9-10-22(20)27-23(21)25(29-17)13-11-24(12-14-25,28(2)3)18-7-5-4-6-8-18;1-17-15-21-20-16-19(28(29)30)9-10-22(20)26-23(21)25(31-17)13-11-24(12-14-25,27(2)3)18-7-5-4-6-8-18;1-27(2)24(18-7-5-4-6-8-18)12-14-25(15-13-24)23-20(11-16-29-25)21-17-19(28-3)9-10-22(21)26-23;1-18-17-21-20-11-7-8-12-22(20)26-23(21)25(28-18)15-13-24(14-16-25,27(2)3)19-9-5-4-6-10-19/h2*4-10,16-17,27H,11-15H2,1-3H3;4-10,16-17,26H,11-15H2,1-3H3;4-10,17,26H,11-16H2,1-3H3;4-12,18,26H,13-17H2,1-3H3. The Morgan fingerprint density at radius 3 is 0.932 bits per heavy atom. The number of H-pyrrole nitrogens is 5. The molecule has 5 fully saturated rings. The van der Waals surface area contributed by atoms with E-state index in [1.165, 1.54) is 122 Å². The quantitative estimate of drug-likeness (QED) is 0.0573. The van der Waals surface area contributed by atoms with Crippen LogP contribution in [0.1, 0.15) is 240 Å². The smallest absolute Gasteiger partial charge is 0.270 e. The van der Waals surface area contributed by atoms with Gasteiger partial charge < -0.3 is 53.3 Å². The van der Waals surface area contributed by atoms with Crippen LogP contribution in [0.25, 0.3) is 54.5 Å². The number of nitrogens with one attached hydrogen (secondary N) is 5. The van der Waals surface area contributed by atoms with Gasteiger partial charge in [0, 0.05) is 130 Å². The molecule has 21 heteroatoms. The summed E-state index contributed by atoms with van der Waals surface area (Å²) in [6.45, 7) is 9.58. The summed E-state index contributed by atoms with van der Waals surface area (Å²) in [5.74, 6) is 0.916. The largest absolute Gasteiger partial charge is 0.497 e. The van der Waals surface area contributed by atoms with Gasteiger partial charge in [0.25, 0.3) is 5.69 Å². The van der Waals surface area contributed by atoms with Gasteiger partial charge in [0.2, 0.25) is 0 Å². The van der Waals surface area contributed by atoms with Gasteiger partial charge in [-0.3, -0.25) is 34.6 Å². The van der Waals surface area contributed by atoms with E-state index in [2.05, 4.69) is 382 Å². The van der Waals surface area contributed by atoms with Crippen LogP contribution in [0.5, 0.6) is 5.75 Å². The minimum absolute atomic E-state index is 0.0124. The predicted molar refractivity (Wildman–Crippen MR) is 594 cm³/mol. The van der Waals surface area contributed by atoms with Gasteiger partial charge >= 0.3 is 0 Å². The highest BCUT2D eigenvalue weighted by atomic mass is 79.9. The monoisotopic (exact) mass is 2040 g/mol. The molecule has 764 valence electrons. The van der Waals surface area contributed by atoms with Gasteiger partial charge in [-0.05, 0) is 355 Å². The number of hydrogen-bond acceptors (Lipinski definition) is 13. The molecule has 15 aromatic rings. The van der Waals surface area contributed by atoms with Gasteiger partial charge in [-0.25, -0.2) is 0 Å². The normalized spacial score (nSPS) is 28.8. The maximum absolute atomic E-state index is 11.3. The van der Waals surface area contributed by atoms with Crippen molar-refractivity contribution < 1.29 is 33.3 Å². The maximum Gasteiger partial charge on any atom is 0.270 e. The van der Waals surface area contributed by atoms with E-state index in [0.29, 0.717) is 0 Å². The number of nitrogens with zero attached hydrogens (tertiary/aromatic N) is 6. The first kappa shape index (κ1) is 101. The van der Waals surface area contributed by atoms with Gasteiger partial charge in [0.1, 0.15) is 33.8 Å². The van der Waals surface area contributed by atoms with Gasteiger partial charge in [0.15, 0.2) is 0 Å². The van der Waals surface area contributed by atoms with E-state index in [4.69, 9.17) is 40.0 Å². The van der Waals surface area contributed by atoms with Crippen LogP contribution in [0.3, 0.4) is 0 Å². The highest BCUT2D eigenvalue weighted by Crippen LogP contribution is 2.61. The molecule has 146 heavy (non-hydrogen) atoms. The topological polar surface area (TPSA) is 194 Å². The Morgan fingerprint density at radius 1 is 0.322 bits per heavy atom. The number of halogens is 2. The number of aromatic amines is 5. The lowest BCUT2D eigenvalue weighted by Crippen LogP contribution is -2.51. The van der Waals surface area contributed by atoms with E-state index in [0.717, 1.165) is 199 Å². The Kier molecular flexibility index (Phi) is 27.8. The lowest BCUT2D eigenvalue weighted by molar-refractivity contribution is -0.384. The molecule has 10 aromatic carbocycles. The molecular formula is C125H147BrClN11O8. The summed E-state index contributed by atoms with van der Waals surface area (Å²) in [5, 5.41) is 18.4. The summed E-state index contributed by atoms with van der Waals surface area (Å²) in [6, 6.07) is 87.7. The number of fused-ring (bicyclic) bond motifs is 20. The van der Waals surface area contributed by atoms with Crippen LogP contribution in [0.15, 0.2) is 253 Å². The third kappa shape index (κ3) is 17.9. The summed E-state index contributed by atoms with van der Waals surface area (Å²) in [5.41, 5.74) is 25.4. The fraction of sp³-hybridized carbons (Fsp3) is 0.440. The summed E-state index contributed by atoms with van der Waals surface area (Å²) in [4.78, 5) is 41.6. The van der Waals surface area contributed by atoms with Crippen molar-refractivity contribution in [2.24, 2.45) is 0 Å². The fourth-order valence-corrected chi connectivity index (χ4v) is 29.4. The Labute approximate surface area is 875 Å². The first-order valence-electron chi connectivity index (χ1n) is 53.5. The molecule has 5 saturated carbocycles.